The van der Waals surface area contributed by atoms with Crippen molar-refractivity contribution in [3.63, 3.8) is 0 Å². The van der Waals surface area contributed by atoms with Gasteiger partial charge < -0.3 is 10.1 Å². The molecular formula is C15H20ClNO2. The Morgan fingerprint density at radius 2 is 2.37 bits per heavy atom. The molecule has 0 aromatic heterocycles. The molecule has 0 saturated carbocycles. The highest BCUT2D eigenvalue weighted by Crippen LogP contribution is 2.26. The molecule has 1 aliphatic heterocycles. The number of aryl methyl sites for hydroxylation is 1. The Bertz CT molecular complexity index is 442. The van der Waals surface area contributed by atoms with Gasteiger partial charge in [0.25, 0.3) is 5.91 Å². The van der Waals surface area contributed by atoms with Crippen molar-refractivity contribution < 1.29 is 9.53 Å². The summed E-state index contributed by atoms with van der Waals surface area (Å²) in [6, 6.07) is 7.91. The quantitative estimate of drug-likeness (QED) is 0.841. The van der Waals surface area contributed by atoms with E-state index >= 15 is 0 Å². The summed E-state index contributed by atoms with van der Waals surface area (Å²) in [5.74, 6) is 0.599. The molecule has 0 aliphatic carbocycles. The zero-order valence-corrected chi connectivity index (χ0v) is 12.0. The first-order valence-electron chi connectivity index (χ1n) is 6.74. The summed E-state index contributed by atoms with van der Waals surface area (Å²) in [6.07, 6.45) is 3.60. The smallest absolute Gasteiger partial charge is 0.256 e. The van der Waals surface area contributed by atoms with Gasteiger partial charge in [-0.3, -0.25) is 4.79 Å². The van der Waals surface area contributed by atoms with Crippen molar-refractivity contribution in [3.05, 3.63) is 29.8 Å². The average Bonchev–Trinajstić information content (AvgIpc) is 2.85. The highest BCUT2D eigenvalue weighted by Gasteiger charge is 2.37. The number of ether oxygens (including phenoxy) is 1. The molecule has 104 valence electrons. The number of hydrogen-bond donors (Lipinski definition) is 1. The normalized spacial score (nSPS) is 22.4. The summed E-state index contributed by atoms with van der Waals surface area (Å²) in [4.78, 5) is 12.2. The third kappa shape index (κ3) is 3.71. The second-order valence-electron chi connectivity index (χ2n) is 5.13. The number of carbonyl (C=O) groups is 1. The number of hydrogen-bond acceptors (Lipinski definition) is 2. The molecule has 1 N–H and O–H groups in total. The number of carbonyl (C=O) groups excluding carboxylic acids is 1. The third-order valence-corrected chi connectivity index (χ3v) is 3.75. The number of amides is 1. The van der Waals surface area contributed by atoms with Crippen LogP contribution < -0.4 is 5.32 Å². The van der Waals surface area contributed by atoms with E-state index in [1.807, 2.05) is 25.1 Å². The summed E-state index contributed by atoms with van der Waals surface area (Å²) in [5.41, 5.74) is 1.34. The maximum absolute atomic E-state index is 12.2. The minimum atomic E-state index is -0.674. The maximum Gasteiger partial charge on any atom is 0.256 e. The van der Waals surface area contributed by atoms with Crippen LogP contribution in [0, 0.1) is 0 Å². The minimum absolute atomic E-state index is 0.0560. The SMILES string of the molecule is CC1(C(=O)Nc2cccc(CCCCl)c2)CCCO1. The first-order valence-corrected chi connectivity index (χ1v) is 7.28. The number of halogens is 1. The van der Waals surface area contributed by atoms with E-state index in [0.717, 1.165) is 31.4 Å². The summed E-state index contributed by atoms with van der Waals surface area (Å²) in [7, 11) is 0. The van der Waals surface area contributed by atoms with E-state index in [9.17, 15) is 4.79 Å². The Labute approximate surface area is 119 Å². The minimum Gasteiger partial charge on any atom is -0.365 e. The largest absolute Gasteiger partial charge is 0.365 e. The lowest BCUT2D eigenvalue weighted by Crippen LogP contribution is -2.39. The third-order valence-electron chi connectivity index (χ3n) is 3.48. The van der Waals surface area contributed by atoms with E-state index in [-0.39, 0.29) is 5.91 Å². The van der Waals surface area contributed by atoms with Gasteiger partial charge in [-0.05, 0) is 50.3 Å². The predicted octanol–water partition coefficient (Wildman–Crippen LogP) is 3.37. The Hall–Kier alpha value is -1.06. The molecule has 1 aromatic carbocycles. The molecule has 0 spiro atoms. The number of benzene rings is 1. The molecule has 1 aliphatic rings. The second kappa shape index (κ2) is 6.40. The molecule has 1 unspecified atom stereocenters. The van der Waals surface area contributed by atoms with Crippen molar-refractivity contribution in [3.8, 4) is 0 Å². The van der Waals surface area contributed by atoms with Crippen LogP contribution in [-0.4, -0.2) is 24.0 Å². The van der Waals surface area contributed by atoms with Crippen molar-refractivity contribution in [1.82, 2.24) is 0 Å². The Morgan fingerprint density at radius 1 is 1.53 bits per heavy atom. The van der Waals surface area contributed by atoms with E-state index < -0.39 is 5.60 Å². The number of alkyl halides is 1. The lowest BCUT2D eigenvalue weighted by atomic mass is 10.0. The van der Waals surface area contributed by atoms with Crippen LogP contribution in [0.3, 0.4) is 0 Å². The highest BCUT2D eigenvalue weighted by molar-refractivity contribution is 6.17. The Balaban J connectivity index is 2.00. The lowest BCUT2D eigenvalue weighted by molar-refractivity contribution is -0.133. The number of nitrogens with one attached hydrogen (secondary N) is 1. The molecule has 19 heavy (non-hydrogen) atoms. The van der Waals surface area contributed by atoms with Crippen molar-refractivity contribution in [1.29, 1.82) is 0 Å². The van der Waals surface area contributed by atoms with Gasteiger partial charge in [0.05, 0.1) is 0 Å². The monoisotopic (exact) mass is 281 g/mol. The fraction of sp³-hybridized carbons (Fsp3) is 0.533. The van der Waals surface area contributed by atoms with Gasteiger partial charge >= 0.3 is 0 Å². The van der Waals surface area contributed by atoms with Crippen molar-refractivity contribution in [2.45, 2.75) is 38.2 Å². The van der Waals surface area contributed by atoms with Crippen LogP contribution in [0.2, 0.25) is 0 Å². The second-order valence-corrected chi connectivity index (χ2v) is 5.51. The highest BCUT2D eigenvalue weighted by atomic mass is 35.5. The van der Waals surface area contributed by atoms with Gasteiger partial charge in [0.15, 0.2) is 0 Å². The van der Waals surface area contributed by atoms with Gasteiger partial charge in [-0.25, -0.2) is 0 Å². The van der Waals surface area contributed by atoms with Crippen LogP contribution in [0.25, 0.3) is 0 Å². The van der Waals surface area contributed by atoms with E-state index in [1.54, 1.807) is 0 Å². The average molecular weight is 282 g/mol. The Morgan fingerprint density at radius 3 is 3.05 bits per heavy atom. The fourth-order valence-electron chi connectivity index (χ4n) is 2.30. The van der Waals surface area contributed by atoms with Crippen LogP contribution in [-0.2, 0) is 16.0 Å². The topological polar surface area (TPSA) is 38.3 Å². The lowest BCUT2D eigenvalue weighted by Gasteiger charge is -2.22. The molecule has 1 fully saturated rings. The number of anilines is 1. The summed E-state index contributed by atoms with van der Waals surface area (Å²) in [6.45, 7) is 2.52. The van der Waals surface area contributed by atoms with Crippen LogP contribution in [0.1, 0.15) is 31.7 Å². The van der Waals surface area contributed by atoms with Crippen LogP contribution in [0.5, 0.6) is 0 Å². The van der Waals surface area contributed by atoms with E-state index in [0.29, 0.717) is 12.5 Å². The van der Waals surface area contributed by atoms with Gasteiger partial charge in [-0.15, -0.1) is 11.6 Å². The standard InChI is InChI=1S/C15H20ClNO2/c1-15(8-4-10-19-15)14(18)17-13-7-2-5-12(11-13)6-3-9-16/h2,5,7,11H,3-4,6,8-10H2,1H3,(H,17,18). The van der Waals surface area contributed by atoms with Gasteiger partial charge in [0.2, 0.25) is 0 Å². The molecule has 1 saturated heterocycles. The molecule has 3 nitrogen and oxygen atoms in total. The molecule has 2 rings (SSSR count). The molecule has 1 aromatic rings. The van der Waals surface area contributed by atoms with Gasteiger partial charge in [0, 0.05) is 18.2 Å². The number of rotatable bonds is 5. The molecular weight excluding hydrogens is 262 g/mol. The van der Waals surface area contributed by atoms with E-state index in [2.05, 4.69) is 11.4 Å². The predicted molar refractivity (Wildman–Crippen MR) is 77.7 cm³/mol. The summed E-state index contributed by atoms with van der Waals surface area (Å²) in [5, 5.41) is 2.94. The van der Waals surface area contributed by atoms with E-state index in [1.165, 1.54) is 5.56 Å². The molecule has 0 bridgehead atoms. The van der Waals surface area contributed by atoms with E-state index in [4.69, 9.17) is 16.3 Å². The molecule has 1 atom stereocenters. The zero-order valence-electron chi connectivity index (χ0n) is 11.2. The molecule has 0 radical (unpaired) electrons. The van der Waals surface area contributed by atoms with Gasteiger partial charge in [-0.1, -0.05) is 12.1 Å². The first-order chi connectivity index (χ1) is 9.14. The fourth-order valence-corrected chi connectivity index (χ4v) is 2.43. The maximum atomic E-state index is 12.2. The summed E-state index contributed by atoms with van der Waals surface area (Å²) >= 11 is 5.69. The first kappa shape index (κ1) is 14.4. The van der Waals surface area contributed by atoms with Crippen LogP contribution in [0.4, 0.5) is 5.69 Å². The van der Waals surface area contributed by atoms with Crippen LogP contribution >= 0.6 is 11.6 Å². The summed E-state index contributed by atoms with van der Waals surface area (Å²) < 4.78 is 5.54. The van der Waals surface area contributed by atoms with Gasteiger partial charge in [-0.2, -0.15) is 0 Å². The zero-order chi connectivity index (χ0) is 13.7. The van der Waals surface area contributed by atoms with Crippen molar-refractivity contribution in [2.24, 2.45) is 0 Å². The molecule has 4 heteroatoms. The van der Waals surface area contributed by atoms with Crippen molar-refractivity contribution >= 4 is 23.2 Å². The molecule has 1 amide bonds. The Kier molecular flexibility index (Phi) is 4.83. The molecule has 1 heterocycles. The van der Waals surface area contributed by atoms with Crippen LogP contribution in [0.15, 0.2) is 24.3 Å². The van der Waals surface area contributed by atoms with Gasteiger partial charge in [0.1, 0.15) is 5.60 Å². The van der Waals surface area contributed by atoms with Crippen molar-refractivity contribution in [2.75, 3.05) is 17.8 Å².